The van der Waals surface area contributed by atoms with Crippen LogP contribution in [0.1, 0.15) is 18.9 Å². The fraction of sp³-hybridized carbons (Fsp3) is 0.235. The molecule has 116 valence electrons. The van der Waals surface area contributed by atoms with Crippen LogP contribution >= 0.6 is 0 Å². The van der Waals surface area contributed by atoms with Crippen LogP contribution < -0.4 is 10.6 Å². The van der Waals surface area contributed by atoms with Gasteiger partial charge in [0.15, 0.2) is 0 Å². The third-order valence-electron chi connectivity index (χ3n) is 3.98. The quantitative estimate of drug-likeness (QED) is 0.777. The molecule has 4 rings (SSSR count). The van der Waals surface area contributed by atoms with Crippen molar-refractivity contribution in [2.75, 3.05) is 11.9 Å². The van der Waals surface area contributed by atoms with Crippen LogP contribution in [0, 0.1) is 0 Å². The summed E-state index contributed by atoms with van der Waals surface area (Å²) in [5.74, 6) is -0.767. The van der Waals surface area contributed by atoms with E-state index in [0.717, 1.165) is 35.2 Å². The Morgan fingerprint density at radius 2 is 2.22 bits per heavy atom. The molecule has 0 saturated carbocycles. The number of hydrogen-bond donors (Lipinski definition) is 2. The molecule has 1 aliphatic heterocycles. The molecule has 0 fully saturated rings. The molecule has 0 radical (unpaired) electrons. The second kappa shape index (κ2) is 5.48. The Morgan fingerprint density at radius 1 is 1.26 bits per heavy atom. The van der Waals surface area contributed by atoms with Gasteiger partial charge in [0, 0.05) is 36.9 Å². The van der Waals surface area contributed by atoms with Gasteiger partial charge in [-0.05, 0) is 30.7 Å². The molecule has 0 spiro atoms. The molecular weight excluding hydrogens is 288 g/mol. The van der Waals surface area contributed by atoms with Crippen molar-refractivity contribution < 1.29 is 0 Å². The van der Waals surface area contributed by atoms with Gasteiger partial charge in [0.25, 0.3) is 5.91 Å². The molecule has 4 heterocycles. The summed E-state index contributed by atoms with van der Waals surface area (Å²) in [6.45, 7) is 2.97. The minimum Gasteiger partial charge on any atom is -0.329 e. The number of hydrogen-bond acceptors (Lipinski definition) is 5. The standard InChI is InChI=1S/C17H18N6/c1-2-7-20-17(21-11-13-5-9-18-12-15(13)22-17)23-10-6-14-16(23)4-3-8-19-14/h3-6,8-12,20,22H,2,7H2,1H3. The zero-order valence-electron chi connectivity index (χ0n) is 12.9. The molecule has 0 aliphatic carbocycles. The largest absolute Gasteiger partial charge is 0.329 e. The average Bonchev–Trinajstić information content (AvgIpc) is 3.04. The number of fused-ring (bicyclic) bond motifs is 2. The van der Waals surface area contributed by atoms with Crippen molar-refractivity contribution in [3.63, 3.8) is 0 Å². The summed E-state index contributed by atoms with van der Waals surface area (Å²) in [4.78, 5) is 13.4. The molecule has 0 saturated heterocycles. The smallest absolute Gasteiger partial charge is 0.272 e. The van der Waals surface area contributed by atoms with E-state index in [1.807, 2.05) is 42.9 Å². The van der Waals surface area contributed by atoms with E-state index in [0.29, 0.717) is 0 Å². The Kier molecular flexibility index (Phi) is 3.31. The van der Waals surface area contributed by atoms with E-state index in [4.69, 9.17) is 4.99 Å². The summed E-state index contributed by atoms with van der Waals surface area (Å²) in [6, 6.07) is 7.94. The fourth-order valence-corrected chi connectivity index (χ4v) is 2.85. The van der Waals surface area contributed by atoms with E-state index in [9.17, 15) is 0 Å². The normalized spacial score (nSPS) is 19.5. The van der Waals surface area contributed by atoms with Crippen molar-refractivity contribution in [3.05, 3.63) is 54.6 Å². The van der Waals surface area contributed by atoms with Crippen LogP contribution in [0.25, 0.3) is 11.0 Å². The molecular formula is C17H18N6. The van der Waals surface area contributed by atoms with Crippen molar-refractivity contribution in [2.24, 2.45) is 4.99 Å². The first kappa shape index (κ1) is 13.9. The topological polar surface area (TPSA) is 67.1 Å². The maximum atomic E-state index is 4.79. The molecule has 0 amide bonds. The minimum absolute atomic E-state index is 0.767. The highest BCUT2D eigenvalue weighted by Gasteiger charge is 2.34. The van der Waals surface area contributed by atoms with Gasteiger partial charge in [-0.2, -0.15) is 0 Å². The van der Waals surface area contributed by atoms with Gasteiger partial charge < -0.3 is 5.32 Å². The summed E-state index contributed by atoms with van der Waals surface area (Å²) in [6.07, 6.45) is 10.3. The van der Waals surface area contributed by atoms with Crippen molar-refractivity contribution in [3.8, 4) is 0 Å². The fourth-order valence-electron chi connectivity index (χ4n) is 2.85. The van der Waals surface area contributed by atoms with Gasteiger partial charge in [-0.15, -0.1) is 0 Å². The van der Waals surface area contributed by atoms with Gasteiger partial charge in [-0.25, -0.2) is 4.99 Å². The minimum atomic E-state index is -0.767. The second-order valence-corrected chi connectivity index (χ2v) is 5.54. The van der Waals surface area contributed by atoms with Crippen LogP contribution in [0.5, 0.6) is 0 Å². The third kappa shape index (κ3) is 2.27. The molecule has 2 N–H and O–H groups in total. The molecule has 1 aliphatic rings. The van der Waals surface area contributed by atoms with Crippen molar-refractivity contribution in [1.29, 1.82) is 0 Å². The van der Waals surface area contributed by atoms with E-state index in [1.54, 1.807) is 12.4 Å². The summed E-state index contributed by atoms with van der Waals surface area (Å²) >= 11 is 0. The van der Waals surface area contributed by atoms with Crippen LogP contribution in [0.3, 0.4) is 0 Å². The number of anilines is 1. The van der Waals surface area contributed by atoms with Gasteiger partial charge in [-0.1, -0.05) is 6.92 Å². The Labute approximate surface area is 134 Å². The predicted molar refractivity (Wildman–Crippen MR) is 91.5 cm³/mol. The average molecular weight is 306 g/mol. The summed E-state index contributed by atoms with van der Waals surface area (Å²) in [7, 11) is 0. The second-order valence-electron chi connectivity index (χ2n) is 5.54. The van der Waals surface area contributed by atoms with E-state index in [-0.39, 0.29) is 0 Å². The third-order valence-corrected chi connectivity index (χ3v) is 3.98. The molecule has 1 atom stereocenters. The van der Waals surface area contributed by atoms with Gasteiger partial charge in [0.1, 0.15) is 0 Å². The number of nitrogens with one attached hydrogen (secondary N) is 2. The van der Waals surface area contributed by atoms with Crippen molar-refractivity contribution in [1.82, 2.24) is 19.9 Å². The van der Waals surface area contributed by atoms with Crippen LogP contribution in [0.4, 0.5) is 5.69 Å². The van der Waals surface area contributed by atoms with Crippen LogP contribution in [0.15, 0.2) is 54.0 Å². The number of rotatable bonds is 4. The highest BCUT2D eigenvalue weighted by Crippen LogP contribution is 2.29. The van der Waals surface area contributed by atoms with E-state index < -0.39 is 5.91 Å². The van der Waals surface area contributed by atoms with E-state index in [1.165, 1.54) is 0 Å². The Morgan fingerprint density at radius 3 is 3.13 bits per heavy atom. The van der Waals surface area contributed by atoms with E-state index >= 15 is 0 Å². The highest BCUT2D eigenvalue weighted by molar-refractivity contribution is 5.89. The molecule has 0 bridgehead atoms. The maximum absolute atomic E-state index is 4.79. The maximum Gasteiger partial charge on any atom is 0.272 e. The molecule has 3 aromatic rings. The number of aromatic nitrogens is 3. The van der Waals surface area contributed by atoms with Crippen molar-refractivity contribution in [2.45, 2.75) is 19.3 Å². The summed E-state index contributed by atoms with van der Waals surface area (Å²) in [5, 5.41) is 7.02. The molecule has 23 heavy (non-hydrogen) atoms. The van der Waals surface area contributed by atoms with E-state index in [2.05, 4.69) is 32.1 Å². The highest BCUT2D eigenvalue weighted by atomic mass is 15.5. The van der Waals surface area contributed by atoms with Crippen LogP contribution in [-0.2, 0) is 5.91 Å². The molecule has 6 heteroatoms. The Bertz CT molecular complexity index is 868. The van der Waals surface area contributed by atoms with Crippen molar-refractivity contribution >= 4 is 22.9 Å². The summed E-state index contributed by atoms with van der Waals surface area (Å²) < 4.78 is 2.08. The predicted octanol–water partition coefficient (Wildman–Crippen LogP) is 2.54. The van der Waals surface area contributed by atoms with Gasteiger partial charge in [0.05, 0.1) is 22.9 Å². The number of pyridine rings is 2. The lowest BCUT2D eigenvalue weighted by Gasteiger charge is -2.37. The first-order valence-corrected chi connectivity index (χ1v) is 7.77. The SMILES string of the molecule is CCCNC1(n2ccc3ncccc32)N=Cc2ccncc2N1. The van der Waals surface area contributed by atoms with Crippen LogP contribution in [0.2, 0.25) is 0 Å². The van der Waals surface area contributed by atoms with Gasteiger partial charge in [-0.3, -0.25) is 19.9 Å². The number of nitrogens with zero attached hydrogens (tertiary/aromatic N) is 4. The lowest BCUT2D eigenvalue weighted by molar-refractivity contribution is 0.279. The Balaban J connectivity index is 1.86. The lowest BCUT2D eigenvalue weighted by Crippen LogP contribution is -2.53. The Hall–Kier alpha value is -2.73. The monoisotopic (exact) mass is 306 g/mol. The molecule has 3 aromatic heterocycles. The van der Waals surface area contributed by atoms with Gasteiger partial charge in [0.2, 0.25) is 0 Å². The first-order valence-electron chi connectivity index (χ1n) is 7.77. The van der Waals surface area contributed by atoms with Gasteiger partial charge >= 0.3 is 0 Å². The zero-order valence-corrected chi connectivity index (χ0v) is 12.9. The summed E-state index contributed by atoms with van der Waals surface area (Å²) in [5.41, 5.74) is 3.95. The molecule has 6 nitrogen and oxygen atoms in total. The molecule has 1 unspecified atom stereocenters. The first-order chi connectivity index (χ1) is 11.3. The zero-order chi connectivity index (χ0) is 15.7. The van der Waals surface area contributed by atoms with Crippen LogP contribution in [-0.4, -0.2) is 27.3 Å². The number of aliphatic imine (C=N–C) groups is 1. The molecule has 0 aromatic carbocycles. The lowest BCUT2D eigenvalue weighted by atomic mass is 10.2.